The van der Waals surface area contributed by atoms with Crippen LogP contribution >= 0.6 is 11.3 Å². The van der Waals surface area contributed by atoms with Crippen LogP contribution in [0.25, 0.3) is 15.9 Å². The van der Waals surface area contributed by atoms with Crippen LogP contribution in [0.15, 0.2) is 24.3 Å². The molecule has 1 aromatic carbocycles. The number of nitrogens with zero attached hydrogens (tertiary/aromatic N) is 3. The van der Waals surface area contributed by atoms with Gasteiger partial charge in [0.15, 0.2) is 0 Å². The van der Waals surface area contributed by atoms with E-state index in [1.54, 1.807) is 11.3 Å². The summed E-state index contributed by atoms with van der Waals surface area (Å²) < 4.78 is 1.16. The van der Waals surface area contributed by atoms with Crippen molar-refractivity contribution < 1.29 is 9.90 Å². The van der Waals surface area contributed by atoms with Gasteiger partial charge in [-0.2, -0.15) is 0 Å². The number of aryl methyl sites for hydroxylation is 1. The minimum absolute atomic E-state index is 0.353. The fourth-order valence-electron chi connectivity index (χ4n) is 3.15. The summed E-state index contributed by atoms with van der Waals surface area (Å²) in [5.74, 6) is 0.353. The Labute approximate surface area is 152 Å². The fraction of sp³-hybridized carbons (Fsp3) is 0.474. The average Bonchev–Trinajstić information content (AvgIpc) is 2.96. The Kier molecular flexibility index (Phi) is 5.39. The molecule has 0 aliphatic carbocycles. The number of hydrogen-bond acceptors (Lipinski definition) is 4. The van der Waals surface area contributed by atoms with Crippen LogP contribution in [-0.4, -0.2) is 53.2 Å². The van der Waals surface area contributed by atoms with Crippen LogP contribution in [0.4, 0.5) is 4.79 Å². The van der Waals surface area contributed by atoms with Gasteiger partial charge in [-0.1, -0.05) is 19.1 Å². The molecule has 1 amide bonds. The number of aromatic nitrogens is 1. The summed E-state index contributed by atoms with van der Waals surface area (Å²) in [6.45, 7) is 3.68. The average molecular weight is 359 g/mol. The zero-order valence-electron chi connectivity index (χ0n) is 15.0. The third-order valence-corrected chi connectivity index (χ3v) is 5.55. The van der Waals surface area contributed by atoms with E-state index < -0.39 is 6.09 Å². The zero-order valence-corrected chi connectivity index (χ0v) is 15.8. The molecular formula is C19H25N3O2S. The van der Waals surface area contributed by atoms with Crippen LogP contribution in [0.3, 0.4) is 0 Å². The van der Waals surface area contributed by atoms with Crippen LogP contribution in [0.5, 0.6) is 0 Å². The maximum absolute atomic E-state index is 11.6. The first-order valence-corrected chi connectivity index (χ1v) is 9.51. The molecule has 6 heteroatoms. The molecule has 5 nitrogen and oxygen atoms in total. The number of amides is 1. The van der Waals surface area contributed by atoms with Gasteiger partial charge in [-0.05, 0) is 51.5 Å². The first kappa shape index (κ1) is 17.9. The minimum Gasteiger partial charge on any atom is -0.465 e. The molecule has 1 aromatic heterocycles. The second-order valence-electron chi connectivity index (χ2n) is 7.02. The molecule has 0 fully saturated rings. The molecule has 1 aliphatic rings. The van der Waals surface area contributed by atoms with Crippen molar-refractivity contribution >= 4 is 33.3 Å². The number of carboxylic acid groups (broad SMARTS) is 1. The molecule has 25 heavy (non-hydrogen) atoms. The summed E-state index contributed by atoms with van der Waals surface area (Å²) in [5.41, 5.74) is 2.69. The topological polar surface area (TPSA) is 56.7 Å². The highest BCUT2D eigenvalue weighted by molar-refractivity contribution is 7.18. The van der Waals surface area contributed by atoms with E-state index in [1.807, 2.05) is 18.2 Å². The monoisotopic (exact) mass is 359 g/mol. The van der Waals surface area contributed by atoms with Gasteiger partial charge in [0.1, 0.15) is 0 Å². The number of allylic oxidation sites excluding steroid dienone is 1. The maximum atomic E-state index is 11.6. The summed E-state index contributed by atoms with van der Waals surface area (Å²) in [7, 11) is 4.16. The zero-order chi connectivity index (χ0) is 18.0. The van der Waals surface area contributed by atoms with Crippen molar-refractivity contribution in [2.24, 2.45) is 5.92 Å². The number of rotatable bonds is 5. The standard InChI is InChI=1S/C19H25N3O2S/c1-13-6-8-16(22(12-13)19(23)24)14-7-9-17-15(11-14)20-18(25-17)5-4-10-21(2)3/h7-9,11,13H,4-6,10,12H2,1-3H3,(H,23,24)/t13-/m0/s1. The van der Waals surface area contributed by atoms with E-state index >= 15 is 0 Å². The molecule has 0 radical (unpaired) electrons. The highest BCUT2D eigenvalue weighted by Gasteiger charge is 2.24. The Bertz CT molecular complexity index is 797. The van der Waals surface area contributed by atoms with Crippen LogP contribution in [-0.2, 0) is 6.42 Å². The summed E-state index contributed by atoms with van der Waals surface area (Å²) in [5, 5.41) is 10.7. The van der Waals surface area contributed by atoms with E-state index in [-0.39, 0.29) is 0 Å². The first-order chi connectivity index (χ1) is 11.9. The molecule has 1 N–H and O–H groups in total. The van der Waals surface area contributed by atoms with Crippen molar-refractivity contribution in [2.45, 2.75) is 26.2 Å². The van der Waals surface area contributed by atoms with Gasteiger partial charge in [-0.15, -0.1) is 11.3 Å². The minimum atomic E-state index is -0.888. The molecule has 3 rings (SSSR count). The fourth-order valence-corrected chi connectivity index (χ4v) is 4.14. The lowest BCUT2D eigenvalue weighted by atomic mass is 9.98. The van der Waals surface area contributed by atoms with Crippen molar-refractivity contribution in [1.82, 2.24) is 14.8 Å². The summed E-state index contributed by atoms with van der Waals surface area (Å²) in [6.07, 6.45) is 4.13. The highest BCUT2D eigenvalue weighted by atomic mass is 32.1. The maximum Gasteiger partial charge on any atom is 0.411 e. The van der Waals surface area contributed by atoms with Crippen LogP contribution in [0.1, 0.15) is 30.3 Å². The molecule has 0 spiro atoms. The molecule has 2 aromatic rings. The molecule has 0 bridgehead atoms. The molecular weight excluding hydrogens is 334 g/mol. The van der Waals surface area contributed by atoms with Gasteiger partial charge in [0.25, 0.3) is 0 Å². The molecule has 1 aliphatic heterocycles. The lowest BCUT2D eigenvalue weighted by Gasteiger charge is -2.29. The Morgan fingerprint density at radius 2 is 2.24 bits per heavy atom. The van der Waals surface area contributed by atoms with Crippen molar-refractivity contribution in [3.8, 4) is 0 Å². The van der Waals surface area contributed by atoms with E-state index in [2.05, 4.69) is 32.0 Å². The van der Waals surface area contributed by atoms with Crippen LogP contribution < -0.4 is 0 Å². The Morgan fingerprint density at radius 1 is 1.44 bits per heavy atom. The van der Waals surface area contributed by atoms with Crippen LogP contribution in [0, 0.1) is 5.92 Å². The number of hydrogen-bond donors (Lipinski definition) is 1. The molecule has 0 saturated carbocycles. The summed E-state index contributed by atoms with van der Waals surface area (Å²) in [6, 6.07) is 6.11. The van der Waals surface area contributed by atoms with Gasteiger partial charge in [-0.3, -0.25) is 4.90 Å². The predicted octanol–water partition coefficient (Wildman–Crippen LogP) is 4.15. The normalized spacial score (nSPS) is 18.0. The second kappa shape index (κ2) is 7.54. The Morgan fingerprint density at radius 3 is 2.96 bits per heavy atom. The molecule has 0 saturated heterocycles. The van der Waals surface area contributed by atoms with Gasteiger partial charge in [0.05, 0.1) is 20.9 Å². The second-order valence-corrected chi connectivity index (χ2v) is 8.14. The van der Waals surface area contributed by atoms with Crippen LogP contribution in [0.2, 0.25) is 0 Å². The van der Waals surface area contributed by atoms with Crippen molar-refractivity contribution in [2.75, 3.05) is 27.2 Å². The predicted molar refractivity (Wildman–Crippen MR) is 103 cm³/mol. The summed E-state index contributed by atoms with van der Waals surface area (Å²) >= 11 is 1.73. The van der Waals surface area contributed by atoms with Gasteiger partial charge in [0.2, 0.25) is 0 Å². The number of thiazole rings is 1. The SMILES string of the molecule is C[C@H]1CC=C(c2ccc3sc(CCCN(C)C)nc3c2)N(C(=O)O)C1. The number of benzene rings is 1. The third-order valence-electron chi connectivity index (χ3n) is 4.45. The lowest BCUT2D eigenvalue weighted by Crippen LogP contribution is -2.34. The molecule has 2 heterocycles. The molecule has 0 unspecified atom stereocenters. The number of fused-ring (bicyclic) bond motifs is 1. The lowest BCUT2D eigenvalue weighted by molar-refractivity contribution is 0.159. The smallest absolute Gasteiger partial charge is 0.411 e. The molecule has 1 atom stereocenters. The van der Waals surface area contributed by atoms with E-state index in [4.69, 9.17) is 4.98 Å². The van der Waals surface area contributed by atoms with Gasteiger partial charge >= 0.3 is 6.09 Å². The Hall–Kier alpha value is -1.92. The highest BCUT2D eigenvalue weighted by Crippen LogP contribution is 2.31. The van der Waals surface area contributed by atoms with Crippen molar-refractivity contribution in [3.63, 3.8) is 0 Å². The van der Waals surface area contributed by atoms with Crippen molar-refractivity contribution in [3.05, 3.63) is 34.8 Å². The van der Waals surface area contributed by atoms with Crippen molar-refractivity contribution in [1.29, 1.82) is 0 Å². The largest absolute Gasteiger partial charge is 0.465 e. The summed E-state index contributed by atoms with van der Waals surface area (Å²) in [4.78, 5) is 20.0. The Balaban J connectivity index is 1.84. The van der Waals surface area contributed by atoms with E-state index in [0.717, 1.165) is 52.3 Å². The van der Waals surface area contributed by atoms with Gasteiger partial charge < -0.3 is 10.0 Å². The third kappa shape index (κ3) is 4.19. The molecule has 134 valence electrons. The number of carbonyl (C=O) groups is 1. The van der Waals surface area contributed by atoms with E-state index in [9.17, 15) is 9.90 Å². The first-order valence-electron chi connectivity index (χ1n) is 8.69. The van der Waals surface area contributed by atoms with Gasteiger partial charge in [-0.25, -0.2) is 9.78 Å². The van der Waals surface area contributed by atoms with Gasteiger partial charge in [0, 0.05) is 18.5 Å². The van der Waals surface area contributed by atoms with E-state index in [0.29, 0.717) is 12.5 Å². The van der Waals surface area contributed by atoms with E-state index in [1.165, 1.54) is 4.90 Å². The quantitative estimate of drug-likeness (QED) is 0.871.